The molecule has 2 heterocycles. The second kappa shape index (κ2) is 3.79. The van der Waals surface area contributed by atoms with E-state index in [1.165, 1.54) is 4.88 Å². The third kappa shape index (κ3) is 1.86. The van der Waals surface area contributed by atoms with Gasteiger partial charge in [-0.05, 0) is 13.8 Å². The monoisotopic (exact) mass is 210 g/mol. The fraction of sp³-hybridized carbons (Fsp3) is 0.600. The number of nitrogens with zero attached hydrogens (tertiary/aromatic N) is 2. The standard InChI is InChI=1S/C10H14N2OS/c1-7-5-11-10(14-7)8(2)12-4-3-9(13)6-12/h5,8H,3-4,6H2,1-2H3. The topological polar surface area (TPSA) is 33.2 Å². The van der Waals surface area contributed by atoms with Gasteiger partial charge in [-0.25, -0.2) is 4.98 Å². The van der Waals surface area contributed by atoms with Crippen LogP contribution in [-0.4, -0.2) is 28.8 Å². The lowest BCUT2D eigenvalue weighted by Gasteiger charge is -2.20. The van der Waals surface area contributed by atoms with E-state index in [2.05, 4.69) is 23.7 Å². The molecule has 2 rings (SSSR count). The number of hydrogen-bond acceptors (Lipinski definition) is 4. The number of likely N-dealkylation sites (tertiary alicyclic amines) is 1. The summed E-state index contributed by atoms with van der Waals surface area (Å²) in [6, 6.07) is 0.292. The van der Waals surface area contributed by atoms with Crippen molar-refractivity contribution >= 4 is 17.1 Å². The van der Waals surface area contributed by atoms with Crippen molar-refractivity contribution in [2.24, 2.45) is 0 Å². The number of carbonyl (C=O) groups excluding carboxylic acids is 1. The lowest BCUT2D eigenvalue weighted by molar-refractivity contribution is -0.117. The van der Waals surface area contributed by atoms with Gasteiger partial charge in [-0.3, -0.25) is 9.69 Å². The Morgan fingerprint density at radius 2 is 2.43 bits per heavy atom. The van der Waals surface area contributed by atoms with Crippen LogP contribution in [-0.2, 0) is 4.79 Å². The van der Waals surface area contributed by atoms with Crippen molar-refractivity contribution in [2.75, 3.05) is 13.1 Å². The Balaban J connectivity index is 2.08. The minimum absolute atomic E-state index is 0.292. The first-order valence-electron chi connectivity index (χ1n) is 4.85. The molecule has 76 valence electrons. The number of Topliss-reactive ketones (excluding diaryl/α,β-unsaturated/α-hetero) is 1. The minimum Gasteiger partial charge on any atom is -0.298 e. The van der Waals surface area contributed by atoms with E-state index in [1.54, 1.807) is 11.3 Å². The quantitative estimate of drug-likeness (QED) is 0.746. The molecular weight excluding hydrogens is 196 g/mol. The first kappa shape index (κ1) is 9.80. The molecule has 0 saturated carbocycles. The normalized spacial score (nSPS) is 20.3. The van der Waals surface area contributed by atoms with E-state index >= 15 is 0 Å². The molecule has 1 aliphatic rings. The van der Waals surface area contributed by atoms with Crippen LogP contribution in [0, 0.1) is 6.92 Å². The predicted octanol–water partition coefficient (Wildman–Crippen LogP) is 1.79. The van der Waals surface area contributed by atoms with Gasteiger partial charge in [0.2, 0.25) is 0 Å². The molecule has 1 saturated heterocycles. The van der Waals surface area contributed by atoms with Crippen molar-refractivity contribution in [3.8, 4) is 0 Å². The molecule has 0 aromatic carbocycles. The molecule has 1 atom stereocenters. The van der Waals surface area contributed by atoms with Gasteiger partial charge in [0.05, 0.1) is 12.6 Å². The maximum absolute atomic E-state index is 11.1. The van der Waals surface area contributed by atoms with Crippen molar-refractivity contribution in [1.82, 2.24) is 9.88 Å². The van der Waals surface area contributed by atoms with Crippen molar-refractivity contribution in [3.63, 3.8) is 0 Å². The van der Waals surface area contributed by atoms with E-state index in [9.17, 15) is 4.79 Å². The molecule has 0 bridgehead atoms. The molecule has 1 aromatic rings. The summed E-state index contributed by atoms with van der Waals surface area (Å²) in [6.45, 7) is 5.66. The molecule has 0 spiro atoms. The van der Waals surface area contributed by atoms with Crippen LogP contribution in [0.3, 0.4) is 0 Å². The van der Waals surface area contributed by atoms with Crippen molar-refractivity contribution in [1.29, 1.82) is 0 Å². The highest BCUT2D eigenvalue weighted by Gasteiger charge is 2.25. The summed E-state index contributed by atoms with van der Waals surface area (Å²) in [5, 5.41) is 1.12. The van der Waals surface area contributed by atoms with Crippen LogP contribution in [0.5, 0.6) is 0 Å². The number of ketones is 1. The molecule has 1 unspecified atom stereocenters. The number of rotatable bonds is 2. The highest BCUT2D eigenvalue weighted by Crippen LogP contribution is 2.26. The molecule has 0 N–H and O–H groups in total. The van der Waals surface area contributed by atoms with Gasteiger partial charge in [0.1, 0.15) is 10.8 Å². The first-order valence-corrected chi connectivity index (χ1v) is 5.66. The van der Waals surface area contributed by atoms with Crippen LogP contribution >= 0.6 is 11.3 Å². The SMILES string of the molecule is Cc1cnc(C(C)N2CCC(=O)C2)s1. The van der Waals surface area contributed by atoms with Crippen molar-refractivity contribution in [3.05, 3.63) is 16.1 Å². The number of aromatic nitrogens is 1. The van der Waals surface area contributed by atoms with Gasteiger partial charge in [0, 0.05) is 24.0 Å². The molecule has 1 aromatic heterocycles. The Bertz CT molecular complexity index is 348. The first-order chi connectivity index (χ1) is 6.66. The smallest absolute Gasteiger partial charge is 0.148 e. The molecule has 1 aliphatic heterocycles. The molecule has 0 radical (unpaired) electrons. The molecular formula is C10H14N2OS. The molecule has 3 nitrogen and oxygen atoms in total. The molecule has 4 heteroatoms. The lowest BCUT2D eigenvalue weighted by atomic mass is 10.3. The van der Waals surface area contributed by atoms with Crippen LogP contribution in [0.1, 0.15) is 29.3 Å². The Labute approximate surface area is 87.8 Å². The molecule has 14 heavy (non-hydrogen) atoms. The summed E-state index contributed by atoms with van der Waals surface area (Å²) in [7, 11) is 0. The highest BCUT2D eigenvalue weighted by molar-refractivity contribution is 7.11. The maximum atomic E-state index is 11.1. The third-order valence-corrected chi connectivity index (χ3v) is 3.68. The zero-order valence-corrected chi connectivity index (χ0v) is 9.30. The van der Waals surface area contributed by atoms with Gasteiger partial charge in [-0.15, -0.1) is 11.3 Å². The average Bonchev–Trinajstić information content (AvgIpc) is 2.73. The number of aryl methyl sites for hydroxylation is 1. The summed E-state index contributed by atoms with van der Waals surface area (Å²) in [5.74, 6) is 0.352. The van der Waals surface area contributed by atoms with Gasteiger partial charge in [-0.2, -0.15) is 0 Å². The molecule has 0 aliphatic carbocycles. The maximum Gasteiger partial charge on any atom is 0.148 e. The average molecular weight is 210 g/mol. The Hall–Kier alpha value is -0.740. The van der Waals surface area contributed by atoms with Crippen LogP contribution in [0.15, 0.2) is 6.20 Å². The largest absolute Gasteiger partial charge is 0.298 e. The zero-order valence-electron chi connectivity index (χ0n) is 8.49. The van der Waals surface area contributed by atoms with Gasteiger partial charge in [-0.1, -0.05) is 0 Å². The highest BCUT2D eigenvalue weighted by atomic mass is 32.1. The Kier molecular flexibility index (Phi) is 2.65. The second-order valence-electron chi connectivity index (χ2n) is 3.74. The van der Waals surface area contributed by atoms with Gasteiger partial charge in [0.25, 0.3) is 0 Å². The van der Waals surface area contributed by atoms with Crippen molar-refractivity contribution in [2.45, 2.75) is 26.3 Å². The molecule has 1 fully saturated rings. The minimum atomic E-state index is 0.292. The predicted molar refractivity (Wildman–Crippen MR) is 56.5 cm³/mol. The van der Waals surface area contributed by atoms with E-state index in [1.807, 2.05) is 6.20 Å². The summed E-state index contributed by atoms with van der Waals surface area (Å²) < 4.78 is 0. The van der Waals surface area contributed by atoms with E-state index in [0.29, 0.717) is 24.8 Å². The van der Waals surface area contributed by atoms with E-state index in [0.717, 1.165) is 11.6 Å². The zero-order chi connectivity index (χ0) is 10.1. The van der Waals surface area contributed by atoms with Gasteiger partial charge >= 0.3 is 0 Å². The van der Waals surface area contributed by atoms with Crippen LogP contribution in [0.25, 0.3) is 0 Å². The number of hydrogen-bond donors (Lipinski definition) is 0. The Morgan fingerprint density at radius 3 is 2.93 bits per heavy atom. The van der Waals surface area contributed by atoms with Gasteiger partial charge < -0.3 is 0 Å². The fourth-order valence-corrected chi connectivity index (χ4v) is 2.57. The van der Waals surface area contributed by atoms with Crippen LogP contribution in [0.2, 0.25) is 0 Å². The fourth-order valence-electron chi connectivity index (χ4n) is 1.71. The van der Waals surface area contributed by atoms with Crippen LogP contribution in [0.4, 0.5) is 0 Å². The van der Waals surface area contributed by atoms with Crippen LogP contribution < -0.4 is 0 Å². The summed E-state index contributed by atoms with van der Waals surface area (Å²) in [4.78, 5) is 18.9. The van der Waals surface area contributed by atoms with Crippen molar-refractivity contribution < 1.29 is 4.79 Å². The number of thiazole rings is 1. The summed E-state index contributed by atoms with van der Waals surface area (Å²) in [6.07, 6.45) is 2.60. The molecule has 0 amide bonds. The summed E-state index contributed by atoms with van der Waals surface area (Å²) >= 11 is 1.72. The number of carbonyl (C=O) groups is 1. The Morgan fingerprint density at radius 1 is 1.64 bits per heavy atom. The van der Waals surface area contributed by atoms with E-state index < -0.39 is 0 Å². The lowest BCUT2D eigenvalue weighted by Crippen LogP contribution is -2.24. The van der Waals surface area contributed by atoms with E-state index in [4.69, 9.17) is 0 Å². The third-order valence-electron chi connectivity index (χ3n) is 2.60. The summed E-state index contributed by atoms with van der Waals surface area (Å²) in [5.41, 5.74) is 0. The van der Waals surface area contributed by atoms with Gasteiger partial charge in [0.15, 0.2) is 0 Å². The van der Waals surface area contributed by atoms with E-state index in [-0.39, 0.29) is 0 Å². The second-order valence-corrected chi connectivity index (χ2v) is 5.01.